The van der Waals surface area contributed by atoms with E-state index >= 15 is 0 Å². The number of pyridine rings is 2. The molecule has 6 nitrogen and oxygen atoms in total. The Hall–Kier alpha value is -4.50. The predicted molar refractivity (Wildman–Crippen MR) is 113 cm³/mol. The van der Waals surface area contributed by atoms with E-state index in [2.05, 4.69) is 16.0 Å². The first kappa shape index (κ1) is 18.8. The molecule has 0 aliphatic rings. The van der Waals surface area contributed by atoms with Crippen LogP contribution < -0.4 is 10.5 Å². The lowest BCUT2D eigenvalue weighted by atomic mass is 10.0. The van der Waals surface area contributed by atoms with Gasteiger partial charge in [-0.05, 0) is 60.7 Å². The number of hydrogen-bond acceptors (Lipinski definition) is 5. The highest BCUT2D eigenvalue weighted by Gasteiger charge is 2.09. The molecule has 2 aromatic heterocycles. The SMILES string of the molecule is N#Cc1ccc(Oc2ccc(-c3cccc(C(N)=O)n3)cc2)cc1-c1cccnc1. The van der Waals surface area contributed by atoms with Gasteiger partial charge in [0.05, 0.1) is 17.3 Å². The summed E-state index contributed by atoms with van der Waals surface area (Å²) in [6.07, 6.45) is 3.40. The second-order valence-corrected chi connectivity index (χ2v) is 6.46. The molecule has 2 heterocycles. The van der Waals surface area contributed by atoms with Gasteiger partial charge in [0.2, 0.25) is 0 Å². The van der Waals surface area contributed by atoms with Crippen LogP contribution in [-0.4, -0.2) is 15.9 Å². The monoisotopic (exact) mass is 392 g/mol. The maximum atomic E-state index is 11.3. The van der Waals surface area contributed by atoms with Gasteiger partial charge in [0.25, 0.3) is 5.91 Å². The molecule has 4 rings (SSSR count). The summed E-state index contributed by atoms with van der Waals surface area (Å²) >= 11 is 0. The molecular weight excluding hydrogens is 376 g/mol. The van der Waals surface area contributed by atoms with Crippen LogP contribution in [-0.2, 0) is 0 Å². The lowest BCUT2D eigenvalue weighted by Crippen LogP contribution is -2.12. The van der Waals surface area contributed by atoms with Gasteiger partial charge < -0.3 is 10.5 Å². The molecule has 2 aromatic carbocycles. The number of amides is 1. The van der Waals surface area contributed by atoms with Gasteiger partial charge in [0, 0.05) is 29.1 Å². The Morgan fingerprint density at radius 1 is 0.933 bits per heavy atom. The highest BCUT2D eigenvalue weighted by Crippen LogP contribution is 2.30. The van der Waals surface area contributed by atoms with E-state index in [4.69, 9.17) is 10.5 Å². The quantitative estimate of drug-likeness (QED) is 0.536. The summed E-state index contributed by atoms with van der Waals surface area (Å²) in [5.41, 5.74) is 9.15. The van der Waals surface area contributed by atoms with E-state index in [0.29, 0.717) is 22.8 Å². The van der Waals surface area contributed by atoms with E-state index in [-0.39, 0.29) is 5.69 Å². The van der Waals surface area contributed by atoms with E-state index in [9.17, 15) is 10.1 Å². The van der Waals surface area contributed by atoms with Crippen LogP contribution in [0.15, 0.2) is 85.2 Å². The fourth-order valence-corrected chi connectivity index (χ4v) is 3.01. The van der Waals surface area contributed by atoms with Crippen molar-refractivity contribution >= 4 is 5.91 Å². The van der Waals surface area contributed by atoms with Gasteiger partial charge in [-0.15, -0.1) is 0 Å². The standard InChI is InChI=1S/C24H16N4O2/c25-14-17-8-11-20(13-21(17)18-3-2-12-27-15-18)30-19-9-6-16(7-10-19)22-4-1-5-23(28-22)24(26)29/h1-13,15H,(H2,26,29). The van der Waals surface area contributed by atoms with Crippen molar-refractivity contribution in [1.29, 1.82) is 5.26 Å². The topological polar surface area (TPSA) is 102 Å². The summed E-state index contributed by atoms with van der Waals surface area (Å²) in [6.45, 7) is 0. The lowest BCUT2D eigenvalue weighted by Gasteiger charge is -2.10. The van der Waals surface area contributed by atoms with Crippen LogP contribution in [0, 0.1) is 11.3 Å². The molecule has 2 N–H and O–H groups in total. The van der Waals surface area contributed by atoms with Crippen molar-refractivity contribution in [2.24, 2.45) is 5.73 Å². The van der Waals surface area contributed by atoms with E-state index < -0.39 is 5.91 Å². The Morgan fingerprint density at radius 3 is 2.43 bits per heavy atom. The van der Waals surface area contributed by atoms with Gasteiger partial charge in [-0.3, -0.25) is 9.78 Å². The van der Waals surface area contributed by atoms with Crippen molar-refractivity contribution in [2.75, 3.05) is 0 Å². The molecule has 0 unspecified atom stereocenters. The molecule has 0 aliphatic heterocycles. The fraction of sp³-hybridized carbons (Fsp3) is 0. The number of carbonyl (C=O) groups is 1. The van der Waals surface area contributed by atoms with Crippen LogP contribution in [0.3, 0.4) is 0 Å². The molecule has 0 bridgehead atoms. The number of primary amides is 1. The Morgan fingerprint density at radius 2 is 1.73 bits per heavy atom. The number of carbonyl (C=O) groups excluding carboxylic acids is 1. The summed E-state index contributed by atoms with van der Waals surface area (Å²) < 4.78 is 5.97. The van der Waals surface area contributed by atoms with E-state index in [1.165, 1.54) is 0 Å². The number of benzene rings is 2. The zero-order chi connectivity index (χ0) is 20.9. The lowest BCUT2D eigenvalue weighted by molar-refractivity contribution is 0.0995. The molecule has 0 saturated heterocycles. The van der Waals surface area contributed by atoms with Crippen molar-refractivity contribution in [3.63, 3.8) is 0 Å². The Balaban J connectivity index is 1.59. The predicted octanol–water partition coefficient (Wildman–Crippen LogP) is 4.57. The van der Waals surface area contributed by atoms with Gasteiger partial charge in [0.15, 0.2) is 0 Å². The van der Waals surface area contributed by atoms with Crippen molar-refractivity contribution in [3.05, 3.63) is 96.4 Å². The van der Waals surface area contributed by atoms with Crippen molar-refractivity contribution < 1.29 is 9.53 Å². The molecule has 0 saturated carbocycles. The van der Waals surface area contributed by atoms with Crippen LogP contribution >= 0.6 is 0 Å². The second-order valence-electron chi connectivity index (χ2n) is 6.46. The Labute approximate surface area is 173 Å². The third-order valence-electron chi connectivity index (χ3n) is 4.47. The number of hydrogen-bond donors (Lipinski definition) is 1. The molecule has 30 heavy (non-hydrogen) atoms. The minimum atomic E-state index is -0.568. The first-order valence-corrected chi connectivity index (χ1v) is 9.14. The number of nitrogens with two attached hydrogens (primary N) is 1. The number of aromatic nitrogens is 2. The Bertz CT molecular complexity index is 1250. The van der Waals surface area contributed by atoms with Crippen LogP contribution in [0.2, 0.25) is 0 Å². The number of nitriles is 1. The number of nitrogens with zero attached hydrogens (tertiary/aromatic N) is 3. The number of ether oxygens (including phenoxy) is 1. The minimum Gasteiger partial charge on any atom is -0.457 e. The highest BCUT2D eigenvalue weighted by molar-refractivity contribution is 5.91. The normalized spacial score (nSPS) is 10.2. The van der Waals surface area contributed by atoms with E-state index in [1.54, 1.807) is 36.7 Å². The van der Waals surface area contributed by atoms with Gasteiger partial charge in [-0.25, -0.2) is 4.98 Å². The van der Waals surface area contributed by atoms with Crippen LogP contribution in [0.25, 0.3) is 22.4 Å². The minimum absolute atomic E-state index is 0.216. The summed E-state index contributed by atoms with van der Waals surface area (Å²) in [4.78, 5) is 19.7. The smallest absolute Gasteiger partial charge is 0.267 e. The van der Waals surface area contributed by atoms with Gasteiger partial charge >= 0.3 is 0 Å². The first-order chi connectivity index (χ1) is 14.6. The summed E-state index contributed by atoms with van der Waals surface area (Å²) in [6, 6.07) is 23.7. The summed E-state index contributed by atoms with van der Waals surface area (Å²) in [5.74, 6) is 0.670. The molecule has 0 fully saturated rings. The highest BCUT2D eigenvalue weighted by atomic mass is 16.5. The maximum absolute atomic E-state index is 11.3. The molecule has 4 aromatic rings. The van der Waals surface area contributed by atoms with Gasteiger partial charge in [-0.1, -0.05) is 12.1 Å². The average Bonchev–Trinajstić information content (AvgIpc) is 2.80. The third-order valence-corrected chi connectivity index (χ3v) is 4.47. The van der Waals surface area contributed by atoms with Gasteiger partial charge in [0.1, 0.15) is 17.2 Å². The van der Waals surface area contributed by atoms with Crippen LogP contribution in [0.4, 0.5) is 0 Å². The van der Waals surface area contributed by atoms with Crippen molar-refractivity contribution in [1.82, 2.24) is 9.97 Å². The largest absolute Gasteiger partial charge is 0.457 e. The van der Waals surface area contributed by atoms with E-state index in [0.717, 1.165) is 16.7 Å². The summed E-state index contributed by atoms with van der Waals surface area (Å²) in [5, 5.41) is 9.41. The maximum Gasteiger partial charge on any atom is 0.267 e. The Kier molecular flexibility index (Phi) is 5.18. The van der Waals surface area contributed by atoms with Crippen LogP contribution in [0.5, 0.6) is 11.5 Å². The molecule has 0 atom stereocenters. The average molecular weight is 392 g/mol. The van der Waals surface area contributed by atoms with Crippen LogP contribution in [0.1, 0.15) is 16.1 Å². The molecule has 0 aliphatic carbocycles. The fourth-order valence-electron chi connectivity index (χ4n) is 3.01. The molecule has 0 radical (unpaired) electrons. The number of rotatable bonds is 5. The molecule has 1 amide bonds. The van der Waals surface area contributed by atoms with Crippen molar-refractivity contribution in [3.8, 4) is 40.0 Å². The van der Waals surface area contributed by atoms with Crippen molar-refractivity contribution in [2.45, 2.75) is 0 Å². The zero-order valence-corrected chi connectivity index (χ0v) is 15.8. The second kappa shape index (κ2) is 8.25. The molecular formula is C24H16N4O2. The zero-order valence-electron chi connectivity index (χ0n) is 15.8. The molecule has 0 spiro atoms. The van der Waals surface area contributed by atoms with Gasteiger partial charge in [-0.2, -0.15) is 5.26 Å². The third kappa shape index (κ3) is 4.01. The molecule has 6 heteroatoms. The summed E-state index contributed by atoms with van der Waals surface area (Å²) in [7, 11) is 0. The first-order valence-electron chi connectivity index (χ1n) is 9.14. The van der Waals surface area contributed by atoms with E-state index in [1.807, 2.05) is 48.5 Å². The molecule has 144 valence electrons.